The van der Waals surface area contributed by atoms with Crippen molar-refractivity contribution >= 4 is 29.3 Å². The van der Waals surface area contributed by atoms with E-state index in [1.54, 1.807) is 36.2 Å². The molecule has 0 aromatic carbocycles. The number of amides is 4. The topological polar surface area (TPSA) is 104 Å². The van der Waals surface area contributed by atoms with Gasteiger partial charge >= 0.3 is 6.03 Å². The summed E-state index contributed by atoms with van der Waals surface area (Å²) in [5.41, 5.74) is -1.09. The first-order valence-corrected chi connectivity index (χ1v) is 8.73. The first-order chi connectivity index (χ1) is 12.8. The lowest BCUT2D eigenvalue weighted by atomic mass is 9.70. The van der Waals surface area contributed by atoms with E-state index in [9.17, 15) is 19.2 Å². The van der Waals surface area contributed by atoms with E-state index in [1.165, 1.54) is 11.4 Å². The Labute approximate surface area is 154 Å². The Morgan fingerprint density at radius 1 is 1.26 bits per heavy atom. The van der Waals surface area contributed by atoms with Gasteiger partial charge in [-0.25, -0.2) is 9.78 Å². The number of fused-ring (bicyclic) bond motifs is 2. The Kier molecular flexibility index (Phi) is 3.59. The summed E-state index contributed by atoms with van der Waals surface area (Å²) in [4.78, 5) is 58.2. The molecular formula is C18H19N5O4. The van der Waals surface area contributed by atoms with Gasteiger partial charge in [-0.1, -0.05) is 6.07 Å². The molecule has 2 aliphatic rings. The molecule has 140 valence electrons. The van der Waals surface area contributed by atoms with Gasteiger partial charge in [0.05, 0.1) is 11.6 Å². The van der Waals surface area contributed by atoms with Crippen LogP contribution in [0.5, 0.6) is 0 Å². The molecule has 0 bridgehead atoms. The van der Waals surface area contributed by atoms with Crippen molar-refractivity contribution in [3.05, 3.63) is 40.3 Å². The van der Waals surface area contributed by atoms with Gasteiger partial charge in [0.25, 0.3) is 5.56 Å². The first-order valence-electron chi connectivity index (χ1n) is 8.73. The number of carbonyl (C=O) groups excluding carboxylic acids is 3. The zero-order valence-corrected chi connectivity index (χ0v) is 15.2. The van der Waals surface area contributed by atoms with E-state index in [1.807, 2.05) is 6.92 Å². The molecule has 4 rings (SSSR count). The third-order valence-electron chi connectivity index (χ3n) is 5.67. The summed E-state index contributed by atoms with van der Waals surface area (Å²) in [6, 6.07) is 3.90. The number of urea groups is 1. The normalized spacial score (nSPS) is 25.1. The predicted octanol–water partition coefficient (Wildman–Crippen LogP) is 0.160. The molecule has 0 aliphatic carbocycles. The van der Waals surface area contributed by atoms with Crippen LogP contribution in [0.25, 0.3) is 5.65 Å². The number of nitrogens with zero attached hydrogens (tertiary/aromatic N) is 4. The van der Waals surface area contributed by atoms with Crippen LogP contribution < -0.4 is 15.8 Å². The Morgan fingerprint density at radius 3 is 2.70 bits per heavy atom. The highest BCUT2D eigenvalue weighted by atomic mass is 16.2. The van der Waals surface area contributed by atoms with Gasteiger partial charge in [0.2, 0.25) is 11.8 Å². The molecule has 0 saturated carbocycles. The largest absolute Gasteiger partial charge is 0.352 e. The maximum atomic E-state index is 13.1. The summed E-state index contributed by atoms with van der Waals surface area (Å²) >= 11 is 0. The van der Waals surface area contributed by atoms with E-state index in [2.05, 4.69) is 10.3 Å². The smallest absolute Gasteiger partial charge is 0.330 e. The van der Waals surface area contributed by atoms with Gasteiger partial charge in [-0.3, -0.25) is 29.0 Å². The molecule has 2 aromatic rings. The zero-order chi connectivity index (χ0) is 19.5. The molecule has 0 radical (unpaired) electrons. The second-order valence-corrected chi connectivity index (χ2v) is 6.88. The zero-order valence-electron chi connectivity index (χ0n) is 15.2. The van der Waals surface area contributed by atoms with E-state index in [-0.39, 0.29) is 12.0 Å². The Morgan fingerprint density at radius 2 is 2.00 bits per heavy atom. The summed E-state index contributed by atoms with van der Waals surface area (Å²) in [5.74, 6) is -0.804. The van der Waals surface area contributed by atoms with E-state index in [4.69, 9.17) is 0 Å². The summed E-state index contributed by atoms with van der Waals surface area (Å²) in [6.45, 7) is 4.07. The molecule has 9 heteroatoms. The molecular weight excluding hydrogens is 350 g/mol. The lowest BCUT2D eigenvalue weighted by Gasteiger charge is -2.49. The third kappa shape index (κ3) is 2.08. The van der Waals surface area contributed by atoms with Gasteiger partial charge < -0.3 is 4.90 Å². The molecule has 2 aliphatic heterocycles. The minimum Gasteiger partial charge on any atom is -0.352 e. The number of rotatable bonds is 1. The Balaban J connectivity index is 2.00. The number of hydrogen-bond acceptors (Lipinski definition) is 6. The van der Waals surface area contributed by atoms with Crippen LogP contribution in [0.1, 0.15) is 19.4 Å². The average molecular weight is 369 g/mol. The number of anilines is 1. The molecule has 1 fully saturated rings. The Hall–Kier alpha value is -3.23. The number of nitrogens with one attached hydrogen (secondary N) is 1. The summed E-state index contributed by atoms with van der Waals surface area (Å²) in [6.07, 6.45) is 1.50. The van der Waals surface area contributed by atoms with Gasteiger partial charge in [-0.2, -0.15) is 0 Å². The summed E-state index contributed by atoms with van der Waals surface area (Å²) in [5, 5.41) is 2.25. The standard InChI is InChI=1S/C18H19N5O4/c1-4-22-10(2)18(15(25)20-17(27)21(3)16(18)26)9-11-13(22)19-12-7-5-6-8-23(12)14(11)24/h5-8,10H,4,9H2,1-3H3,(H,20,25,27)/t10-,18+/m0/s1. The molecule has 4 heterocycles. The maximum absolute atomic E-state index is 13.1. The lowest BCUT2D eigenvalue weighted by molar-refractivity contribution is -0.152. The average Bonchev–Trinajstić information content (AvgIpc) is 2.66. The molecule has 2 aromatic heterocycles. The van der Waals surface area contributed by atoms with Crippen LogP contribution >= 0.6 is 0 Å². The minimum absolute atomic E-state index is 0.105. The molecule has 27 heavy (non-hydrogen) atoms. The van der Waals surface area contributed by atoms with Crippen LogP contribution in [0.4, 0.5) is 10.6 Å². The van der Waals surface area contributed by atoms with E-state index in [0.717, 1.165) is 4.90 Å². The van der Waals surface area contributed by atoms with Crippen molar-refractivity contribution < 1.29 is 14.4 Å². The van der Waals surface area contributed by atoms with Crippen molar-refractivity contribution in [1.82, 2.24) is 19.6 Å². The number of barbiturate groups is 1. The van der Waals surface area contributed by atoms with Gasteiger partial charge in [-0.15, -0.1) is 0 Å². The third-order valence-corrected chi connectivity index (χ3v) is 5.67. The number of hydrogen-bond donors (Lipinski definition) is 1. The molecule has 9 nitrogen and oxygen atoms in total. The van der Waals surface area contributed by atoms with Crippen molar-refractivity contribution in [2.45, 2.75) is 26.3 Å². The molecule has 2 atom stereocenters. The lowest BCUT2D eigenvalue weighted by Crippen LogP contribution is -2.71. The fourth-order valence-corrected chi connectivity index (χ4v) is 4.11. The van der Waals surface area contributed by atoms with E-state index in [0.29, 0.717) is 23.6 Å². The van der Waals surface area contributed by atoms with Gasteiger partial charge in [0.1, 0.15) is 11.5 Å². The van der Waals surface area contributed by atoms with Crippen LogP contribution in [0.3, 0.4) is 0 Å². The van der Waals surface area contributed by atoms with Gasteiger partial charge in [0, 0.05) is 26.2 Å². The van der Waals surface area contributed by atoms with Crippen LogP contribution in [-0.2, 0) is 16.0 Å². The number of pyridine rings is 1. The van der Waals surface area contributed by atoms with Crippen molar-refractivity contribution in [1.29, 1.82) is 0 Å². The maximum Gasteiger partial charge on any atom is 0.330 e. The van der Waals surface area contributed by atoms with Crippen LogP contribution in [0.15, 0.2) is 29.2 Å². The minimum atomic E-state index is -1.56. The quantitative estimate of drug-likeness (QED) is 0.718. The van der Waals surface area contributed by atoms with Crippen LogP contribution in [0.2, 0.25) is 0 Å². The van der Waals surface area contributed by atoms with Gasteiger partial charge in [0.15, 0.2) is 5.41 Å². The monoisotopic (exact) mass is 369 g/mol. The molecule has 4 amide bonds. The first kappa shape index (κ1) is 17.2. The van der Waals surface area contributed by atoms with Crippen molar-refractivity contribution in [2.75, 3.05) is 18.5 Å². The van der Waals surface area contributed by atoms with Gasteiger partial charge in [-0.05, 0) is 26.0 Å². The molecule has 0 unspecified atom stereocenters. The van der Waals surface area contributed by atoms with Crippen LogP contribution in [0, 0.1) is 5.41 Å². The summed E-state index contributed by atoms with van der Waals surface area (Å²) < 4.78 is 1.40. The summed E-state index contributed by atoms with van der Waals surface area (Å²) in [7, 11) is 1.33. The second kappa shape index (κ2) is 5.63. The van der Waals surface area contributed by atoms with Crippen molar-refractivity contribution in [3.63, 3.8) is 0 Å². The molecule has 1 saturated heterocycles. The van der Waals surface area contributed by atoms with Crippen LogP contribution in [-0.4, -0.2) is 51.8 Å². The van der Waals surface area contributed by atoms with Crippen molar-refractivity contribution in [3.8, 4) is 0 Å². The number of carbonyl (C=O) groups is 3. The number of imide groups is 2. The predicted molar refractivity (Wildman–Crippen MR) is 96.4 cm³/mol. The fraction of sp³-hybridized carbons (Fsp3) is 0.389. The van der Waals surface area contributed by atoms with E-state index >= 15 is 0 Å². The highest BCUT2D eigenvalue weighted by Crippen LogP contribution is 2.42. The Bertz CT molecular complexity index is 1060. The fourth-order valence-electron chi connectivity index (χ4n) is 4.11. The molecule has 1 spiro atoms. The van der Waals surface area contributed by atoms with Crippen molar-refractivity contribution in [2.24, 2.45) is 5.41 Å². The number of aromatic nitrogens is 2. The molecule has 1 N–H and O–H groups in total. The highest BCUT2D eigenvalue weighted by Gasteiger charge is 2.60. The van der Waals surface area contributed by atoms with E-state index < -0.39 is 29.3 Å². The highest BCUT2D eigenvalue weighted by molar-refractivity contribution is 6.20. The second-order valence-electron chi connectivity index (χ2n) is 6.88. The SMILES string of the molecule is CCN1c2nc3ccccn3c(=O)c2C[C@]2(C(=O)NC(=O)N(C)C2=O)[C@@H]1C.